The fraction of sp³-hybridized carbons (Fsp3) is 0.111. The molecule has 0 aliphatic rings. The van der Waals surface area contributed by atoms with Crippen molar-refractivity contribution in [1.29, 1.82) is 0 Å². The van der Waals surface area contributed by atoms with Crippen LogP contribution in [0.1, 0.15) is 16.1 Å². The van der Waals surface area contributed by atoms with Crippen LogP contribution in [0.5, 0.6) is 17.2 Å². The number of ether oxygens (including phenoxy) is 3. The van der Waals surface area contributed by atoms with Crippen LogP contribution < -0.4 is 25.2 Å². The van der Waals surface area contributed by atoms with Gasteiger partial charge in [0, 0.05) is 17.3 Å². The van der Waals surface area contributed by atoms with Gasteiger partial charge >= 0.3 is 5.63 Å². The van der Waals surface area contributed by atoms with Crippen molar-refractivity contribution in [3.05, 3.63) is 101 Å². The zero-order chi connectivity index (χ0) is 25.8. The summed E-state index contributed by atoms with van der Waals surface area (Å²) < 4.78 is 23.1. The van der Waals surface area contributed by atoms with Crippen LogP contribution >= 0.6 is 0 Å². The Balaban J connectivity index is 1.25. The molecule has 1 amide bonds. The van der Waals surface area contributed by atoms with Crippen LogP contribution in [0.15, 0.2) is 88.2 Å². The fourth-order valence-electron chi connectivity index (χ4n) is 3.73. The van der Waals surface area contributed by atoms with Crippen molar-refractivity contribution in [3.63, 3.8) is 0 Å². The number of nitrogens with zero attached hydrogens (tertiary/aromatic N) is 3. The third-order valence-corrected chi connectivity index (χ3v) is 5.56. The molecule has 37 heavy (non-hydrogen) atoms. The lowest BCUT2D eigenvalue weighted by atomic mass is 10.2. The van der Waals surface area contributed by atoms with Gasteiger partial charge < -0.3 is 23.9 Å². The molecule has 0 radical (unpaired) electrons. The molecular weight excluding hydrogens is 476 g/mol. The number of amides is 1. The Morgan fingerprint density at radius 1 is 0.946 bits per heavy atom. The lowest BCUT2D eigenvalue weighted by molar-refractivity contribution is 0.102. The monoisotopic (exact) mass is 498 g/mol. The van der Waals surface area contributed by atoms with Crippen LogP contribution in [0, 0.1) is 0 Å². The van der Waals surface area contributed by atoms with Crippen molar-refractivity contribution in [3.8, 4) is 22.9 Å². The molecule has 0 aliphatic heterocycles. The molecule has 0 spiro atoms. The number of methoxy groups -OCH3 is 2. The summed E-state index contributed by atoms with van der Waals surface area (Å²) in [5.74, 6) is 1.23. The smallest absolute Gasteiger partial charge is 0.339 e. The zero-order valence-electron chi connectivity index (χ0n) is 20.0. The van der Waals surface area contributed by atoms with Crippen LogP contribution in [-0.2, 0) is 6.61 Å². The van der Waals surface area contributed by atoms with Crippen molar-refractivity contribution in [2.24, 2.45) is 0 Å². The van der Waals surface area contributed by atoms with E-state index in [1.807, 2.05) is 12.1 Å². The second-order valence-electron chi connectivity index (χ2n) is 7.94. The van der Waals surface area contributed by atoms with Gasteiger partial charge in [0.2, 0.25) is 0 Å². The van der Waals surface area contributed by atoms with Crippen LogP contribution in [0.4, 0.5) is 5.69 Å². The van der Waals surface area contributed by atoms with E-state index in [4.69, 9.17) is 18.6 Å². The van der Waals surface area contributed by atoms with Crippen molar-refractivity contribution in [2.75, 3.05) is 19.5 Å². The number of aromatic nitrogens is 3. The van der Waals surface area contributed by atoms with E-state index in [0.29, 0.717) is 50.8 Å². The molecule has 0 unspecified atom stereocenters. The maximum Gasteiger partial charge on any atom is 0.339 e. The van der Waals surface area contributed by atoms with Crippen LogP contribution in [-0.4, -0.2) is 35.1 Å². The number of benzene rings is 3. The van der Waals surface area contributed by atoms with Gasteiger partial charge in [0.05, 0.1) is 37.6 Å². The second kappa shape index (κ2) is 10.2. The Morgan fingerprint density at radius 2 is 1.73 bits per heavy atom. The lowest BCUT2D eigenvalue weighted by Gasteiger charge is -2.11. The largest absolute Gasteiger partial charge is 0.493 e. The summed E-state index contributed by atoms with van der Waals surface area (Å²) in [4.78, 5) is 24.5. The first-order valence-corrected chi connectivity index (χ1v) is 11.2. The van der Waals surface area contributed by atoms with E-state index in [9.17, 15) is 9.59 Å². The van der Waals surface area contributed by atoms with Gasteiger partial charge in [-0.15, -0.1) is 5.10 Å². The third kappa shape index (κ3) is 5.13. The summed E-state index contributed by atoms with van der Waals surface area (Å²) in [6.07, 6.45) is 1.71. The summed E-state index contributed by atoms with van der Waals surface area (Å²) in [7, 11) is 3.08. The van der Waals surface area contributed by atoms with E-state index in [-0.39, 0.29) is 12.5 Å². The van der Waals surface area contributed by atoms with E-state index < -0.39 is 5.63 Å². The topological polar surface area (TPSA) is 118 Å². The van der Waals surface area contributed by atoms with E-state index in [1.54, 1.807) is 72.6 Å². The molecule has 3 aromatic carbocycles. The molecule has 2 aromatic heterocycles. The highest BCUT2D eigenvalue weighted by Crippen LogP contribution is 2.30. The fourth-order valence-corrected chi connectivity index (χ4v) is 3.73. The normalized spacial score (nSPS) is 10.8. The predicted molar refractivity (Wildman–Crippen MR) is 136 cm³/mol. The minimum absolute atomic E-state index is 0.110. The van der Waals surface area contributed by atoms with E-state index in [0.717, 1.165) is 0 Å². The SMILES string of the molecule is COc1ccc(NC(=O)c2ccc(-n3cc(COc4cc(=O)oc5ccccc45)nn3)cc2)cc1OC. The Bertz CT molecular complexity index is 1620. The molecule has 0 aliphatic carbocycles. The first-order valence-electron chi connectivity index (χ1n) is 11.2. The molecule has 1 N–H and O–H groups in total. The molecule has 10 heteroatoms. The summed E-state index contributed by atoms with van der Waals surface area (Å²) in [6.45, 7) is 0.110. The third-order valence-electron chi connectivity index (χ3n) is 5.56. The zero-order valence-corrected chi connectivity index (χ0v) is 20.0. The average Bonchev–Trinajstić information content (AvgIpc) is 3.40. The summed E-state index contributed by atoms with van der Waals surface area (Å²) in [5.41, 5.74) is 2.28. The van der Waals surface area contributed by atoms with Gasteiger partial charge in [0.1, 0.15) is 23.6 Å². The van der Waals surface area contributed by atoms with Gasteiger partial charge in [-0.2, -0.15) is 0 Å². The van der Waals surface area contributed by atoms with Crippen LogP contribution in [0.2, 0.25) is 0 Å². The highest BCUT2D eigenvalue weighted by atomic mass is 16.5. The number of carbonyl (C=O) groups excluding carboxylic acids is 1. The Hall–Kier alpha value is -5.12. The molecule has 0 saturated carbocycles. The molecule has 10 nitrogen and oxygen atoms in total. The number of hydrogen-bond acceptors (Lipinski definition) is 8. The van der Waals surface area contributed by atoms with Gasteiger partial charge in [-0.1, -0.05) is 17.3 Å². The minimum Gasteiger partial charge on any atom is -0.493 e. The average molecular weight is 498 g/mol. The van der Waals surface area contributed by atoms with Crippen molar-refractivity contribution < 1.29 is 23.4 Å². The summed E-state index contributed by atoms with van der Waals surface area (Å²) in [6, 6.07) is 20.5. The van der Waals surface area contributed by atoms with Crippen molar-refractivity contribution in [1.82, 2.24) is 15.0 Å². The minimum atomic E-state index is -0.493. The summed E-state index contributed by atoms with van der Waals surface area (Å²) in [5, 5.41) is 11.8. The maximum atomic E-state index is 12.7. The lowest BCUT2D eigenvalue weighted by Crippen LogP contribution is -2.12. The molecule has 5 aromatic rings. The quantitative estimate of drug-likeness (QED) is 0.316. The van der Waals surface area contributed by atoms with E-state index >= 15 is 0 Å². The Morgan fingerprint density at radius 3 is 2.51 bits per heavy atom. The van der Waals surface area contributed by atoms with Gasteiger partial charge in [-0.05, 0) is 48.5 Å². The number of hydrogen-bond donors (Lipinski definition) is 1. The summed E-state index contributed by atoms with van der Waals surface area (Å²) >= 11 is 0. The number of carbonyl (C=O) groups is 1. The number of nitrogens with one attached hydrogen (secondary N) is 1. The first-order chi connectivity index (χ1) is 18.0. The van der Waals surface area contributed by atoms with Gasteiger partial charge in [0.15, 0.2) is 11.5 Å². The van der Waals surface area contributed by atoms with Crippen molar-refractivity contribution >= 4 is 22.6 Å². The van der Waals surface area contributed by atoms with E-state index in [2.05, 4.69) is 15.6 Å². The Kier molecular flexibility index (Phi) is 6.54. The molecule has 0 atom stereocenters. The number of anilines is 1. The number of rotatable bonds is 8. The molecule has 5 rings (SSSR count). The van der Waals surface area contributed by atoms with Crippen LogP contribution in [0.3, 0.4) is 0 Å². The molecular formula is C27H22N4O6. The van der Waals surface area contributed by atoms with Crippen molar-refractivity contribution in [2.45, 2.75) is 6.61 Å². The highest BCUT2D eigenvalue weighted by molar-refractivity contribution is 6.04. The predicted octanol–water partition coefficient (Wildman–Crippen LogP) is 4.22. The molecule has 186 valence electrons. The Labute approximate surface area is 211 Å². The van der Waals surface area contributed by atoms with Gasteiger partial charge in [-0.25, -0.2) is 9.48 Å². The van der Waals surface area contributed by atoms with E-state index in [1.165, 1.54) is 13.2 Å². The highest BCUT2D eigenvalue weighted by Gasteiger charge is 2.12. The molecule has 0 bridgehead atoms. The van der Waals surface area contributed by atoms with Gasteiger partial charge in [0.25, 0.3) is 5.91 Å². The number of fused-ring (bicyclic) bond motifs is 1. The number of para-hydroxylation sites is 1. The second-order valence-corrected chi connectivity index (χ2v) is 7.94. The molecule has 0 fully saturated rings. The molecule has 0 saturated heterocycles. The van der Waals surface area contributed by atoms with Crippen LogP contribution in [0.25, 0.3) is 16.7 Å². The first kappa shape index (κ1) is 23.6. The maximum absolute atomic E-state index is 12.7. The standard InChI is InChI=1S/C27H22N4O6/c1-34-23-12-9-18(13-25(23)35-2)28-27(33)17-7-10-20(11-8-17)31-15-19(29-30-31)16-36-24-14-26(32)37-22-6-4-3-5-21(22)24/h3-15H,16H2,1-2H3,(H,28,33). The molecule has 2 heterocycles. The van der Waals surface area contributed by atoms with Gasteiger partial charge in [-0.3, -0.25) is 4.79 Å².